The molecular weight excluding hydrogens is 716 g/mol. The number of aryl methyl sites for hydroxylation is 8. The van der Waals surface area contributed by atoms with Crippen LogP contribution in [-0.4, -0.2) is 10.7 Å². The summed E-state index contributed by atoms with van der Waals surface area (Å²) in [6, 6.07) is 31.3. The van der Waals surface area contributed by atoms with E-state index in [0.29, 0.717) is 0 Å². The molecule has 0 aliphatic heterocycles. The monoisotopic (exact) mass is 776 g/mol. The molecule has 0 bridgehead atoms. The summed E-state index contributed by atoms with van der Waals surface area (Å²) in [6.07, 6.45) is 24.8. The molecule has 48 heavy (non-hydrogen) atoms. The van der Waals surface area contributed by atoms with Crippen molar-refractivity contribution in [2.75, 3.05) is 10.7 Å². The highest BCUT2D eigenvalue weighted by atomic mass is 79.9. The quantitative estimate of drug-likeness (QED) is 0.0426. The summed E-state index contributed by atoms with van der Waals surface area (Å²) in [7, 11) is 0. The van der Waals surface area contributed by atoms with Gasteiger partial charge in [-0.3, -0.25) is 0 Å². The molecule has 0 N–H and O–H groups in total. The number of benzene rings is 2. The lowest BCUT2D eigenvalue weighted by Gasteiger charge is -2.06. The Balaban J connectivity index is 0.000000297. The van der Waals surface area contributed by atoms with Crippen molar-refractivity contribution in [2.45, 2.75) is 130 Å². The second-order valence-electron chi connectivity index (χ2n) is 13.3. The first-order valence-corrected chi connectivity index (χ1v) is 21.0. The lowest BCUT2D eigenvalue weighted by Crippen LogP contribution is -2.36. The molecule has 0 unspecified atom stereocenters. The van der Waals surface area contributed by atoms with Crippen LogP contribution in [0.3, 0.4) is 0 Å². The Labute approximate surface area is 310 Å². The zero-order valence-corrected chi connectivity index (χ0v) is 33.2. The second kappa shape index (κ2) is 25.6. The van der Waals surface area contributed by atoms with Crippen molar-refractivity contribution in [3.8, 4) is 0 Å². The molecule has 0 fully saturated rings. The number of pyridine rings is 2. The Morgan fingerprint density at radius 2 is 0.750 bits per heavy atom. The smallest absolute Gasteiger partial charge is 0.178 e. The van der Waals surface area contributed by atoms with Gasteiger partial charge in [0, 0.05) is 61.6 Å². The summed E-state index contributed by atoms with van der Waals surface area (Å²) < 4.78 is 4.72. The lowest BCUT2D eigenvalue weighted by molar-refractivity contribution is -0.703. The average Bonchev–Trinajstić information content (AvgIpc) is 3.10. The third-order valence-corrected chi connectivity index (χ3v) is 10.4. The summed E-state index contributed by atoms with van der Waals surface area (Å²) >= 11 is 6.97. The molecular formula is C44H62Br2N2+2. The molecule has 0 amide bonds. The van der Waals surface area contributed by atoms with Crippen molar-refractivity contribution < 1.29 is 9.13 Å². The van der Waals surface area contributed by atoms with Crippen molar-refractivity contribution in [1.29, 1.82) is 0 Å². The first-order valence-electron chi connectivity index (χ1n) is 18.8. The fourth-order valence-corrected chi connectivity index (χ4v) is 7.08. The van der Waals surface area contributed by atoms with E-state index in [0.717, 1.165) is 23.7 Å². The number of halogens is 2. The molecule has 4 rings (SSSR count). The van der Waals surface area contributed by atoms with Crippen LogP contribution < -0.4 is 9.13 Å². The van der Waals surface area contributed by atoms with Crippen molar-refractivity contribution in [3.63, 3.8) is 0 Å². The maximum atomic E-state index is 3.49. The van der Waals surface area contributed by atoms with Gasteiger partial charge >= 0.3 is 0 Å². The van der Waals surface area contributed by atoms with E-state index < -0.39 is 0 Å². The van der Waals surface area contributed by atoms with E-state index in [-0.39, 0.29) is 0 Å². The topological polar surface area (TPSA) is 7.76 Å². The van der Waals surface area contributed by atoms with Gasteiger partial charge in [0.25, 0.3) is 0 Å². The van der Waals surface area contributed by atoms with Gasteiger partial charge in [-0.1, -0.05) is 105 Å². The Bertz CT molecular complexity index is 1300. The van der Waals surface area contributed by atoms with Crippen LogP contribution in [0.4, 0.5) is 0 Å². The number of aromatic nitrogens is 2. The molecule has 2 nitrogen and oxygen atoms in total. The molecule has 4 heteroatoms. The first-order chi connectivity index (χ1) is 23.6. The van der Waals surface area contributed by atoms with Gasteiger partial charge in [0.2, 0.25) is 0 Å². The van der Waals surface area contributed by atoms with E-state index in [9.17, 15) is 0 Å². The molecule has 0 saturated carbocycles. The van der Waals surface area contributed by atoms with E-state index >= 15 is 0 Å². The maximum absolute atomic E-state index is 3.49. The highest BCUT2D eigenvalue weighted by Crippen LogP contribution is 2.14. The number of unbranched alkanes of at least 4 members (excludes halogenated alkanes) is 8. The molecule has 260 valence electrons. The largest absolute Gasteiger partial charge is 0.203 e. The molecule has 0 radical (unpaired) electrons. The van der Waals surface area contributed by atoms with Crippen LogP contribution >= 0.6 is 31.9 Å². The number of rotatable bonds is 22. The Hall–Kier alpha value is -2.30. The summed E-state index contributed by atoms with van der Waals surface area (Å²) in [4.78, 5) is 0. The van der Waals surface area contributed by atoms with Crippen LogP contribution in [0.5, 0.6) is 0 Å². The highest BCUT2D eigenvalue weighted by Gasteiger charge is 2.06. The van der Waals surface area contributed by atoms with Crippen molar-refractivity contribution in [3.05, 3.63) is 131 Å². The van der Waals surface area contributed by atoms with Gasteiger partial charge in [-0.25, -0.2) is 9.13 Å². The molecule has 0 aliphatic carbocycles. The highest BCUT2D eigenvalue weighted by molar-refractivity contribution is 9.09. The Kier molecular flexibility index (Phi) is 21.4. The van der Waals surface area contributed by atoms with E-state index in [4.69, 9.17) is 0 Å². The first kappa shape index (κ1) is 40.1. The predicted molar refractivity (Wildman–Crippen MR) is 213 cm³/mol. The van der Waals surface area contributed by atoms with Crippen LogP contribution in [0.15, 0.2) is 97.3 Å². The Morgan fingerprint density at radius 3 is 1.08 bits per heavy atom. The van der Waals surface area contributed by atoms with E-state index in [2.05, 4.69) is 152 Å². The van der Waals surface area contributed by atoms with Crippen LogP contribution in [-0.2, 0) is 38.8 Å². The van der Waals surface area contributed by atoms with Crippen molar-refractivity contribution >= 4 is 31.9 Å². The minimum absolute atomic E-state index is 1.13. The molecule has 0 spiro atoms. The SMILES string of the molecule is BrCCCCCc1cccc(CCCCCBr)c1.Cc1cccc[n+]1CCCCCc1cccc(CCCCC[n+]2ccccc2C)c1. The number of alkyl halides is 2. The zero-order valence-electron chi connectivity index (χ0n) is 30.0. The van der Waals surface area contributed by atoms with Gasteiger partial charge in [-0.15, -0.1) is 0 Å². The summed E-state index contributed by atoms with van der Waals surface area (Å²) in [5.74, 6) is 0. The molecule has 0 saturated heterocycles. The average molecular weight is 779 g/mol. The molecule has 0 aliphatic rings. The fourth-order valence-electron chi connectivity index (χ4n) is 6.28. The van der Waals surface area contributed by atoms with Crippen LogP contribution in [0.25, 0.3) is 0 Å². The summed E-state index contributed by atoms with van der Waals surface area (Å²) in [5.41, 5.74) is 8.74. The maximum Gasteiger partial charge on any atom is 0.178 e. The van der Waals surface area contributed by atoms with E-state index in [1.807, 2.05) is 0 Å². The zero-order chi connectivity index (χ0) is 34.1. The van der Waals surface area contributed by atoms with Crippen LogP contribution in [0.1, 0.15) is 111 Å². The predicted octanol–water partition coefficient (Wildman–Crippen LogP) is 11.6. The minimum Gasteiger partial charge on any atom is -0.203 e. The van der Waals surface area contributed by atoms with Gasteiger partial charge in [0.05, 0.1) is 0 Å². The van der Waals surface area contributed by atoms with Gasteiger partial charge in [0.1, 0.15) is 13.1 Å². The van der Waals surface area contributed by atoms with Crippen molar-refractivity contribution in [1.82, 2.24) is 0 Å². The van der Waals surface area contributed by atoms with Gasteiger partial charge < -0.3 is 0 Å². The van der Waals surface area contributed by atoms with E-state index in [1.54, 1.807) is 0 Å². The minimum atomic E-state index is 1.13. The second-order valence-corrected chi connectivity index (χ2v) is 14.9. The molecule has 2 heterocycles. The number of hydrogen-bond donors (Lipinski definition) is 0. The van der Waals surface area contributed by atoms with Crippen LogP contribution in [0, 0.1) is 13.8 Å². The standard InChI is InChI=1S/C28H38N2.C16H24Br2/c1-25-14-7-11-22-29(25)20-9-3-5-16-27-18-13-19-28(24-27)17-6-4-10-21-30-23-12-8-15-26(30)2;17-12-5-1-3-8-15-10-7-11-16(14-15)9-4-2-6-13-18/h7-8,11-15,18-19,22-24H,3-6,9-10,16-17,20-21H2,1-2H3;7,10-11,14H,1-6,8-9,12-13H2/q+2;. The third kappa shape index (κ3) is 17.4. The molecule has 2 aromatic carbocycles. The third-order valence-electron chi connectivity index (χ3n) is 9.25. The Morgan fingerprint density at radius 1 is 0.396 bits per heavy atom. The number of nitrogens with zero attached hydrogens (tertiary/aromatic N) is 2. The van der Waals surface area contributed by atoms with Crippen molar-refractivity contribution in [2.24, 2.45) is 0 Å². The van der Waals surface area contributed by atoms with E-state index in [1.165, 1.54) is 136 Å². The normalized spacial score (nSPS) is 10.9. The summed E-state index contributed by atoms with van der Waals surface area (Å²) in [6.45, 7) is 6.64. The van der Waals surface area contributed by atoms with Gasteiger partial charge in [-0.05, 0) is 99.3 Å². The van der Waals surface area contributed by atoms with Gasteiger partial charge in [-0.2, -0.15) is 0 Å². The lowest BCUT2D eigenvalue weighted by atomic mass is 10.0. The summed E-state index contributed by atoms with van der Waals surface area (Å²) in [5, 5.41) is 2.28. The van der Waals surface area contributed by atoms with Gasteiger partial charge in [0.15, 0.2) is 23.8 Å². The molecule has 0 atom stereocenters. The fraction of sp³-hybridized carbons (Fsp3) is 0.500. The number of hydrogen-bond acceptors (Lipinski definition) is 0. The molecule has 2 aromatic heterocycles. The van der Waals surface area contributed by atoms with Crippen LogP contribution in [0.2, 0.25) is 0 Å². The molecule has 4 aromatic rings.